The number of aryl methyl sites for hydroxylation is 1. The molecule has 1 atom stereocenters. The fourth-order valence-corrected chi connectivity index (χ4v) is 3.76. The summed E-state index contributed by atoms with van der Waals surface area (Å²) in [5.41, 5.74) is 2.61. The fraction of sp³-hybridized carbons (Fsp3) is 0.261. The summed E-state index contributed by atoms with van der Waals surface area (Å²) in [6.45, 7) is 6.35. The van der Waals surface area contributed by atoms with E-state index in [1.54, 1.807) is 25.6 Å². The van der Waals surface area contributed by atoms with Crippen molar-refractivity contribution >= 4 is 23.5 Å². The van der Waals surface area contributed by atoms with Crippen LogP contribution in [0.1, 0.15) is 31.0 Å². The Hall–Kier alpha value is -3.26. The van der Waals surface area contributed by atoms with Gasteiger partial charge in [0.05, 0.1) is 19.8 Å². The molecule has 0 saturated carbocycles. The molecule has 31 heavy (non-hydrogen) atoms. The number of carbonyl (C=O) groups is 1. The molecule has 0 bridgehead atoms. The van der Waals surface area contributed by atoms with E-state index in [-0.39, 0.29) is 12.1 Å². The number of nitrogens with zero attached hydrogens (tertiary/aromatic N) is 2. The number of urea groups is 1. The van der Waals surface area contributed by atoms with Gasteiger partial charge in [0.1, 0.15) is 0 Å². The van der Waals surface area contributed by atoms with E-state index >= 15 is 0 Å². The number of benzene rings is 2. The Morgan fingerprint density at radius 1 is 1.13 bits per heavy atom. The van der Waals surface area contributed by atoms with Gasteiger partial charge in [0, 0.05) is 23.0 Å². The van der Waals surface area contributed by atoms with Gasteiger partial charge in [0.25, 0.3) is 0 Å². The van der Waals surface area contributed by atoms with E-state index in [2.05, 4.69) is 20.6 Å². The molecule has 1 aromatic heterocycles. The van der Waals surface area contributed by atoms with Crippen LogP contribution in [0.5, 0.6) is 11.5 Å². The number of rotatable bonds is 8. The Labute approximate surface area is 186 Å². The number of amides is 2. The molecular formula is C23H26N4O3S. The van der Waals surface area contributed by atoms with Crippen LogP contribution in [0.25, 0.3) is 0 Å². The Kier molecular flexibility index (Phi) is 7.72. The molecule has 3 aromatic rings. The van der Waals surface area contributed by atoms with E-state index in [0.29, 0.717) is 23.3 Å². The predicted octanol–water partition coefficient (Wildman–Crippen LogP) is 5.23. The number of carbonyl (C=O) groups excluding carboxylic acids is 1. The molecular weight excluding hydrogens is 412 g/mol. The van der Waals surface area contributed by atoms with Crippen molar-refractivity contribution in [2.24, 2.45) is 0 Å². The number of aromatic nitrogens is 2. The molecule has 0 aliphatic carbocycles. The van der Waals surface area contributed by atoms with Crippen molar-refractivity contribution in [3.8, 4) is 11.5 Å². The minimum atomic E-state index is -0.282. The van der Waals surface area contributed by atoms with Crippen LogP contribution in [0, 0.1) is 6.92 Å². The highest BCUT2D eigenvalue weighted by atomic mass is 32.2. The average molecular weight is 439 g/mol. The van der Waals surface area contributed by atoms with E-state index in [1.165, 1.54) is 11.8 Å². The maximum atomic E-state index is 12.5. The van der Waals surface area contributed by atoms with Gasteiger partial charge in [-0.3, -0.25) is 0 Å². The second-order valence-corrected chi connectivity index (χ2v) is 7.81. The molecule has 0 radical (unpaired) electrons. The van der Waals surface area contributed by atoms with Gasteiger partial charge < -0.3 is 20.1 Å². The lowest BCUT2D eigenvalue weighted by molar-refractivity contribution is 0.249. The standard InChI is InChI=1S/C23H26N4O3S/c1-5-30-20-10-7-17(14-21(20)29-4)16(3)26-22(28)27-19-9-8-18(13-15(19)2)31-23-24-11-6-12-25-23/h6-14,16H,5H2,1-4H3,(H2,26,27,28). The number of anilines is 1. The molecule has 0 spiro atoms. The van der Waals surface area contributed by atoms with Crippen LogP contribution >= 0.6 is 11.8 Å². The quantitative estimate of drug-likeness (QED) is 0.469. The minimum Gasteiger partial charge on any atom is -0.493 e. The minimum absolute atomic E-state index is 0.213. The van der Waals surface area contributed by atoms with Gasteiger partial charge in [-0.1, -0.05) is 6.07 Å². The lowest BCUT2D eigenvalue weighted by atomic mass is 10.1. The van der Waals surface area contributed by atoms with E-state index in [1.807, 2.05) is 57.2 Å². The SMILES string of the molecule is CCOc1ccc(C(C)NC(=O)Nc2ccc(Sc3ncccn3)cc2C)cc1OC. The van der Waals surface area contributed by atoms with Crippen molar-refractivity contribution in [3.63, 3.8) is 0 Å². The van der Waals surface area contributed by atoms with Crippen LogP contribution in [-0.4, -0.2) is 29.7 Å². The molecule has 7 nitrogen and oxygen atoms in total. The van der Waals surface area contributed by atoms with Gasteiger partial charge >= 0.3 is 6.03 Å². The highest BCUT2D eigenvalue weighted by molar-refractivity contribution is 7.99. The molecule has 8 heteroatoms. The third-order valence-corrected chi connectivity index (χ3v) is 5.42. The van der Waals surface area contributed by atoms with Crippen molar-refractivity contribution in [1.82, 2.24) is 15.3 Å². The van der Waals surface area contributed by atoms with Gasteiger partial charge in [-0.05, 0) is 80.1 Å². The normalized spacial score (nSPS) is 11.5. The largest absolute Gasteiger partial charge is 0.493 e. The lowest BCUT2D eigenvalue weighted by Gasteiger charge is -2.18. The van der Waals surface area contributed by atoms with Crippen molar-refractivity contribution in [2.45, 2.75) is 36.9 Å². The second-order valence-electron chi connectivity index (χ2n) is 6.77. The number of methoxy groups -OCH3 is 1. The first-order valence-corrected chi connectivity index (χ1v) is 10.8. The second kappa shape index (κ2) is 10.7. The van der Waals surface area contributed by atoms with Gasteiger partial charge in [-0.15, -0.1) is 0 Å². The van der Waals surface area contributed by atoms with Crippen molar-refractivity contribution in [1.29, 1.82) is 0 Å². The molecule has 0 aliphatic heterocycles. The maximum Gasteiger partial charge on any atom is 0.319 e. The van der Waals surface area contributed by atoms with Crippen molar-refractivity contribution in [3.05, 3.63) is 66.0 Å². The van der Waals surface area contributed by atoms with Crippen LogP contribution in [0.15, 0.2) is 64.9 Å². The summed E-state index contributed by atoms with van der Waals surface area (Å²) in [5.74, 6) is 1.32. The average Bonchev–Trinajstić information content (AvgIpc) is 2.76. The smallest absolute Gasteiger partial charge is 0.319 e. The summed E-state index contributed by atoms with van der Waals surface area (Å²) in [4.78, 5) is 22.0. The summed E-state index contributed by atoms with van der Waals surface area (Å²) >= 11 is 1.47. The Morgan fingerprint density at radius 3 is 2.58 bits per heavy atom. The number of ether oxygens (including phenoxy) is 2. The summed E-state index contributed by atoms with van der Waals surface area (Å²) in [5, 5.41) is 6.55. The number of hydrogen-bond acceptors (Lipinski definition) is 6. The van der Waals surface area contributed by atoms with Crippen LogP contribution in [0.4, 0.5) is 10.5 Å². The maximum absolute atomic E-state index is 12.5. The number of hydrogen-bond donors (Lipinski definition) is 2. The first-order valence-electron chi connectivity index (χ1n) is 9.94. The molecule has 3 rings (SSSR count). The zero-order valence-corrected chi connectivity index (χ0v) is 18.8. The zero-order valence-electron chi connectivity index (χ0n) is 18.0. The molecule has 1 unspecified atom stereocenters. The topological polar surface area (TPSA) is 85.4 Å². The molecule has 2 amide bonds. The summed E-state index contributed by atoms with van der Waals surface area (Å²) in [7, 11) is 1.60. The highest BCUT2D eigenvalue weighted by Gasteiger charge is 2.14. The van der Waals surface area contributed by atoms with Gasteiger partial charge in [0.2, 0.25) is 0 Å². The third kappa shape index (κ3) is 6.11. The van der Waals surface area contributed by atoms with Gasteiger partial charge in [-0.25, -0.2) is 14.8 Å². The molecule has 2 aromatic carbocycles. The summed E-state index contributed by atoms with van der Waals surface area (Å²) in [6, 6.07) is 12.7. The highest BCUT2D eigenvalue weighted by Crippen LogP contribution is 2.31. The van der Waals surface area contributed by atoms with E-state index in [4.69, 9.17) is 9.47 Å². The van der Waals surface area contributed by atoms with E-state index in [9.17, 15) is 4.79 Å². The molecule has 2 N–H and O–H groups in total. The molecule has 0 saturated heterocycles. The van der Waals surface area contributed by atoms with Crippen LogP contribution in [0.2, 0.25) is 0 Å². The summed E-state index contributed by atoms with van der Waals surface area (Å²) < 4.78 is 10.9. The van der Waals surface area contributed by atoms with Crippen LogP contribution in [0.3, 0.4) is 0 Å². The van der Waals surface area contributed by atoms with Gasteiger partial charge in [-0.2, -0.15) is 0 Å². The fourth-order valence-electron chi connectivity index (χ4n) is 2.95. The molecule has 0 aliphatic rings. The Balaban J connectivity index is 1.62. The predicted molar refractivity (Wildman–Crippen MR) is 122 cm³/mol. The Morgan fingerprint density at radius 2 is 1.90 bits per heavy atom. The first-order chi connectivity index (χ1) is 15.0. The van der Waals surface area contributed by atoms with Crippen LogP contribution < -0.4 is 20.1 Å². The van der Waals surface area contributed by atoms with Crippen molar-refractivity contribution in [2.75, 3.05) is 19.0 Å². The van der Waals surface area contributed by atoms with E-state index < -0.39 is 0 Å². The number of nitrogens with one attached hydrogen (secondary N) is 2. The molecule has 1 heterocycles. The first kappa shape index (κ1) is 22.4. The Bertz CT molecular complexity index is 1030. The van der Waals surface area contributed by atoms with Crippen LogP contribution in [-0.2, 0) is 0 Å². The monoisotopic (exact) mass is 438 g/mol. The third-order valence-electron chi connectivity index (χ3n) is 4.53. The van der Waals surface area contributed by atoms with Gasteiger partial charge in [0.15, 0.2) is 16.7 Å². The van der Waals surface area contributed by atoms with E-state index in [0.717, 1.165) is 21.7 Å². The molecule has 0 fully saturated rings. The van der Waals surface area contributed by atoms with Crippen molar-refractivity contribution < 1.29 is 14.3 Å². The zero-order chi connectivity index (χ0) is 22.2. The summed E-state index contributed by atoms with van der Waals surface area (Å²) in [6.07, 6.45) is 3.42. The lowest BCUT2D eigenvalue weighted by Crippen LogP contribution is -2.31. The molecule has 162 valence electrons.